The quantitative estimate of drug-likeness (QED) is 0.878. The fraction of sp³-hybridized carbons (Fsp3) is 0.538. The number of methoxy groups -OCH3 is 1. The van der Waals surface area contributed by atoms with Crippen molar-refractivity contribution in [3.8, 4) is 5.75 Å². The molecule has 0 amide bonds. The Morgan fingerprint density at radius 1 is 1.41 bits per heavy atom. The fourth-order valence-corrected chi connectivity index (χ4v) is 2.44. The van der Waals surface area contributed by atoms with Crippen molar-refractivity contribution >= 4 is 17.3 Å². The van der Waals surface area contributed by atoms with Crippen molar-refractivity contribution in [2.75, 3.05) is 25.1 Å². The summed E-state index contributed by atoms with van der Waals surface area (Å²) in [5.41, 5.74) is 1.17. The van der Waals surface area contributed by atoms with Gasteiger partial charge < -0.3 is 15.0 Å². The van der Waals surface area contributed by atoms with Crippen LogP contribution < -0.4 is 15.0 Å². The molecule has 1 aliphatic heterocycles. The van der Waals surface area contributed by atoms with Gasteiger partial charge in [-0.05, 0) is 26.0 Å². The summed E-state index contributed by atoms with van der Waals surface area (Å²) >= 11 is 6.04. The molecule has 0 spiro atoms. The van der Waals surface area contributed by atoms with Crippen molar-refractivity contribution in [2.45, 2.75) is 25.9 Å². The average Bonchev–Trinajstić information content (AvgIpc) is 2.34. The number of nitrogens with zero attached hydrogens (tertiary/aromatic N) is 1. The number of ether oxygens (including phenoxy) is 1. The van der Waals surface area contributed by atoms with E-state index in [-0.39, 0.29) is 0 Å². The molecule has 1 heterocycles. The second kappa shape index (κ2) is 5.15. The van der Waals surface area contributed by atoms with Crippen LogP contribution in [0.4, 0.5) is 5.69 Å². The second-order valence-corrected chi connectivity index (χ2v) is 4.90. The highest BCUT2D eigenvalue weighted by atomic mass is 35.5. The Balaban J connectivity index is 2.27. The van der Waals surface area contributed by atoms with Gasteiger partial charge in [-0.25, -0.2) is 0 Å². The highest BCUT2D eigenvalue weighted by Crippen LogP contribution is 2.31. The zero-order chi connectivity index (χ0) is 12.4. The van der Waals surface area contributed by atoms with Gasteiger partial charge in [0.15, 0.2) is 0 Å². The van der Waals surface area contributed by atoms with Crippen LogP contribution in [0.15, 0.2) is 18.2 Å². The number of nitrogens with one attached hydrogen (secondary N) is 1. The zero-order valence-electron chi connectivity index (χ0n) is 10.5. The van der Waals surface area contributed by atoms with Crippen molar-refractivity contribution in [2.24, 2.45) is 0 Å². The number of piperazine rings is 1. The minimum Gasteiger partial charge on any atom is -0.495 e. The summed E-state index contributed by atoms with van der Waals surface area (Å²) in [6.07, 6.45) is 0. The highest BCUT2D eigenvalue weighted by Gasteiger charge is 2.24. The molecule has 1 N–H and O–H groups in total. The third-order valence-electron chi connectivity index (χ3n) is 3.50. The van der Waals surface area contributed by atoms with Crippen LogP contribution in [0.3, 0.4) is 0 Å². The van der Waals surface area contributed by atoms with E-state index in [9.17, 15) is 0 Å². The first-order chi connectivity index (χ1) is 8.13. The summed E-state index contributed by atoms with van der Waals surface area (Å²) in [6.45, 7) is 6.47. The zero-order valence-corrected chi connectivity index (χ0v) is 11.3. The van der Waals surface area contributed by atoms with E-state index in [1.54, 1.807) is 7.11 Å². The number of hydrogen-bond donors (Lipinski definition) is 1. The number of rotatable bonds is 2. The molecule has 1 aliphatic rings. The Hall–Kier alpha value is -0.930. The van der Waals surface area contributed by atoms with Gasteiger partial charge in [0.1, 0.15) is 5.75 Å². The van der Waals surface area contributed by atoms with Crippen LogP contribution in [-0.4, -0.2) is 32.3 Å². The van der Waals surface area contributed by atoms with Crippen LogP contribution in [0.1, 0.15) is 13.8 Å². The van der Waals surface area contributed by atoms with Crippen LogP contribution in [0, 0.1) is 0 Å². The number of benzene rings is 1. The first kappa shape index (κ1) is 12.5. The van der Waals surface area contributed by atoms with Gasteiger partial charge in [-0.2, -0.15) is 0 Å². The molecule has 0 saturated carbocycles. The second-order valence-electron chi connectivity index (χ2n) is 4.50. The number of halogens is 1. The maximum Gasteiger partial charge on any atom is 0.139 e. The van der Waals surface area contributed by atoms with E-state index >= 15 is 0 Å². The lowest BCUT2D eigenvalue weighted by Crippen LogP contribution is -2.55. The Morgan fingerprint density at radius 2 is 2.18 bits per heavy atom. The van der Waals surface area contributed by atoms with Crippen LogP contribution in [0.2, 0.25) is 5.02 Å². The Bertz CT molecular complexity index is 397. The minimum atomic E-state index is 0.467. The summed E-state index contributed by atoms with van der Waals surface area (Å²) in [6, 6.07) is 6.92. The minimum absolute atomic E-state index is 0.467. The first-order valence-corrected chi connectivity index (χ1v) is 6.35. The summed E-state index contributed by atoms with van der Waals surface area (Å²) < 4.78 is 5.26. The predicted octanol–water partition coefficient (Wildman–Crippen LogP) is 2.54. The summed E-state index contributed by atoms with van der Waals surface area (Å²) in [7, 11) is 1.65. The maximum atomic E-state index is 6.04. The summed E-state index contributed by atoms with van der Waals surface area (Å²) in [5.74, 6) is 0.738. The van der Waals surface area contributed by atoms with Crippen molar-refractivity contribution in [3.63, 3.8) is 0 Å². The van der Waals surface area contributed by atoms with Crippen molar-refractivity contribution in [1.82, 2.24) is 5.32 Å². The molecule has 0 aromatic heterocycles. The van der Waals surface area contributed by atoms with E-state index in [2.05, 4.69) is 30.1 Å². The van der Waals surface area contributed by atoms with Crippen molar-refractivity contribution < 1.29 is 4.74 Å². The van der Waals surface area contributed by atoms with E-state index in [0.717, 1.165) is 18.8 Å². The lowest BCUT2D eigenvalue weighted by atomic mass is 10.1. The molecule has 1 aromatic carbocycles. The maximum absolute atomic E-state index is 6.04. The van der Waals surface area contributed by atoms with Crippen LogP contribution in [0.5, 0.6) is 5.75 Å². The molecule has 0 unspecified atom stereocenters. The van der Waals surface area contributed by atoms with Crippen molar-refractivity contribution in [1.29, 1.82) is 0 Å². The molecular formula is C13H19ClN2O. The third kappa shape index (κ3) is 2.50. The van der Waals surface area contributed by atoms with Gasteiger partial charge in [0.2, 0.25) is 0 Å². The van der Waals surface area contributed by atoms with E-state index in [4.69, 9.17) is 16.3 Å². The van der Waals surface area contributed by atoms with E-state index in [1.165, 1.54) is 5.69 Å². The van der Waals surface area contributed by atoms with Gasteiger partial charge in [0, 0.05) is 36.9 Å². The number of anilines is 1. The van der Waals surface area contributed by atoms with Crippen molar-refractivity contribution in [3.05, 3.63) is 23.2 Å². The van der Waals surface area contributed by atoms with Crippen LogP contribution in [-0.2, 0) is 0 Å². The molecule has 17 heavy (non-hydrogen) atoms. The number of hydrogen-bond acceptors (Lipinski definition) is 3. The average molecular weight is 255 g/mol. The lowest BCUT2D eigenvalue weighted by Gasteiger charge is -2.40. The molecule has 1 aromatic rings. The van der Waals surface area contributed by atoms with Gasteiger partial charge in [0.25, 0.3) is 0 Å². The molecular weight excluding hydrogens is 236 g/mol. The topological polar surface area (TPSA) is 24.5 Å². The largest absolute Gasteiger partial charge is 0.495 e. The standard InChI is InChI=1S/C13H19ClN2O/c1-9-10(2)16(7-6-15-9)11-4-5-12(14)13(8-11)17-3/h4-5,8-10,15H,6-7H2,1-3H3/t9-,10+/m0/s1. The van der Waals surface area contributed by atoms with E-state index < -0.39 is 0 Å². The van der Waals surface area contributed by atoms with Gasteiger partial charge in [-0.1, -0.05) is 11.6 Å². The van der Waals surface area contributed by atoms with Gasteiger partial charge >= 0.3 is 0 Å². The van der Waals surface area contributed by atoms with Crippen LogP contribution in [0.25, 0.3) is 0 Å². The molecule has 4 heteroatoms. The Kier molecular flexibility index (Phi) is 3.79. The Labute approximate surface area is 108 Å². The molecule has 1 fully saturated rings. The normalized spacial score (nSPS) is 24.8. The van der Waals surface area contributed by atoms with Gasteiger partial charge in [0.05, 0.1) is 12.1 Å². The lowest BCUT2D eigenvalue weighted by molar-refractivity contribution is 0.400. The monoisotopic (exact) mass is 254 g/mol. The molecule has 2 rings (SSSR count). The molecule has 2 atom stereocenters. The van der Waals surface area contributed by atoms with E-state index in [1.807, 2.05) is 12.1 Å². The van der Waals surface area contributed by atoms with Gasteiger partial charge in [-0.15, -0.1) is 0 Å². The predicted molar refractivity (Wildman–Crippen MR) is 72.3 cm³/mol. The van der Waals surface area contributed by atoms with Gasteiger partial charge in [-0.3, -0.25) is 0 Å². The SMILES string of the molecule is COc1cc(N2CCN[C@@H](C)[C@H]2C)ccc1Cl. The molecule has 0 radical (unpaired) electrons. The molecule has 1 saturated heterocycles. The highest BCUT2D eigenvalue weighted by molar-refractivity contribution is 6.32. The third-order valence-corrected chi connectivity index (χ3v) is 3.81. The molecule has 3 nitrogen and oxygen atoms in total. The van der Waals surface area contributed by atoms with Crippen LogP contribution >= 0.6 is 11.6 Å². The molecule has 0 bridgehead atoms. The summed E-state index contributed by atoms with van der Waals surface area (Å²) in [5, 5.41) is 4.13. The molecule has 94 valence electrons. The Morgan fingerprint density at radius 3 is 2.88 bits per heavy atom. The van der Waals surface area contributed by atoms with E-state index in [0.29, 0.717) is 17.1 Å². The first-order valence-electron chi connectivity index (χ1n) is 5.97. The summed E-state index contributed by atoms with van der Waals surface area (Å²) in [4.78, 5) is 2.39. The molecule has 0 aliphatic carbocycles. The fourth-order valence-electron chi connectivity index (χ4n) is 2.25. The smallest absolute Gasteiger partial charge is 0.139 e.